The summed E-state index contributed by atoms with van der Waals surface area (Å²) >= 11 is 0. The minimum atomic E-state index is -0.965. The molecular formula is C19H22N4O5. The fourth-order valence-electron chi connectivity index (χ4n) is 4.18. The SMILES string of the molecule is NC[C@@H]1CN(Cc2ccc3c(c2)C(=O)N(C2CCC(=O)NC2=O)C3=O)C[C@H]1O. The Bertz CT molecular complexity index is 870. The molecule has 1 aromatic carbocycles. The monoisotopic (exact) mass is 386 g/mol. The van der Waals surface area contributed by atoms with Crippen LogP contribution >= 0.6 is 0 Å². The summed E-state index contributed by atoms with van der Waals surface area (Å²) in [6.07, 6.45) is -0.241. The molecule has 0 saturated carbocycles. The molecule has 0 aliphatic carbocycles. The van der Waals surface area contributed by atoms with Crippen LogP contribution in [0.3, 0.4) is 0 Å². The zero-order valence-corrected chi connectivity index (χ0v) is 15.3. The van der Waals surface area contributed by atoms with E-state index in [1.807, 2.05) is 0 Å². The van der Waals surface area contributed by atoms with Crippen LogP contribution in [0.1, 0.15) is 39.1 Å². The molecule has 2 fully saturated rings. The number of nitrogens with two attached hydrogens (primary N) is 1. The number of hydrogen-bond donors (Lipinski definition) is 3. The van der Waals surface area contributed by atoms with Crippen LogP contribution in [-0.2, 0) is 16.1 Å². The summed E-state index contributed by atoms with van der Waals surface area (Å²) in [7, 11) is 0. The van der Waals surface area contributed by atoms with Crippen LogP contribution in [0.4, 0.5) is 0 Å². The third kappa shape index (κ3) is 3.11. The molecule has 2 saturated heterocycles. The van der Waals surface area contributed by atoms with E-state index >= 15 is 0 Å². The molecule has 3 aliphatic rings. The van der Waals surface area contributed by atoms with E-state index in [9.17, 15) is 24.3 Å². The number of aliphatic hydroxyl groups excluding tert-OH is 1. The first-order valence-corrected chi connectivity index (χ1v) is 9.34. The van der Waals surface area contributed by atoms with Crippen molar-refractivity contribution in [3.05, 3.63) is 34.9 Å². The summed E-state index contributed by atoms with van der Waals surface area (Å²) in [5.74, 6) is -2.02. The van der Waals surface area contributed by atoms with Crippen LogP contribution in [0.2, 0.25) is 0 Å². The number of nitrogens with one attached hydrogen (secondary N) is 1. The molecule has 0 radical (unpaired) electrons. The first-order valence-electron chi connectivity index (χ1n) is 9.34. The minimum absolute atomic E-state index is 0.0284. The van der Waals surface area contributed by atoms with E-state index in [0.717, 1.165) is 10.5 Å². The van der Waals surface area contributed by atoms with Gasteiger partial charge in [0.1, 0.15) is 6.04 Å². The Kier molecular flexibility index (Phi) is 4.74. The molecule has 1 aromatic rings. The quantitative estimate of drug-likeness (QED) is 0.556. The second-order valence-electron chi connectivity index (χ2n) is 7.58. The Morgan fingerprint density at radius 3 is 2.54 bits per heavy atom. The number of imide groups is 2. The molecule has 4 amide bonds. The number of likely N-dealkylation sites (tertiary alicyclic amines) is 1. The van der Waals surface area contributed by atoms with Crippen LogP contribution in [0.25, 0.3) is 0 Å². The molecule has 3 heterocycles. The van der Waals surface area contributed by atoms with Gasteiger partial charge >= 0.3 is 0 Å². The van der Waals surface area contributed by atoms with Crippen molar-refractivity contribution >= 4 is 23.6 Å². The average molecular weight is 386 g/mol. The number of nitrogens with zero attached hydrogens (tertiary/aromatic N) is 2. The number of piperidine rings is 1. The lowest BCUT2D eigenvalue weighted by Crippen LogP contribution is -2.54. The molecule has 0 spiro atoms. The van der Waals surface area contributed by atoms with Crippen LogP contribution < -0.4 is 11.1 Å². The maximum absolute atomic E-state index is 12.8. The van der Waals surface area contributed by atoms with Gasteiger partial charge in [0.05, 0.1) is 17.2 Å². The number of carbonyl (C=O) groups excluding carboxylic acids is 4. The van der Waals surface area contributed by atoms with Gasteiger partial charge in [0, 0.05) is 32.0 Å². The van der Waals surface area contributed by atoms with Crippen LogP contribution in [0.5, 0.6) is 0 Å². The number of β-amino-alcohol motifs (C(OH)–C–C–N with tert-alkyl or cyclic N) is 1. The van der Waals surface area contributed by atoms with Gasteiger partial charge in [-0.2, -0.15) is 0 Å². The van der Waals surface area contributed by atoms with Gasteiger partial charge in [-0.3, -0.25) is 34.3 Å². The molecule has 9 nitrogen and oxygen atoms in total. The van der Waals surface area contributed by atoms with E-state index < -0.39 is 35.8 Å². The van der Waals surface area contributed by atoms with Gasteiger partial charge in [-0.1, -0.05) is 6.07 Å². The molecule has 9 heteroatoms. The lowest BCUT2D eigenvalue weighted by Gasteiger charge is -2.27. The van der Waals surface area contributed by atoms with Crippen molar-refractivity contribution in [2.24, 2.45) is 11.7 Å². The Labute approximate surface area is 161 Å². The van der Waals surface area contributed by atoms with Gasteiger partial charge in [-0.25, -0.2) is 0 Å². The highest BCUT2D eigenvalue weighted by atomic mass is 16.3. The number of hydrogen-bond acceptors (Lipinski definition) is 7. The molecule has 3 atom stereocenters. The first-order chi connectivity index (χ1) is 13.4. The normalized spacial score (nSPS) is 28.1. The molecule has 0 aromatic heterocycles. The van der Waals surface area contributed by atoms with Gasteiger partial charge in [0.15, 0.2) is 0 Å². The highest BCUT2D eigenvalue weighted by Gasteiger charge is 2.44. The molecule has 3 aliphatic heterocycles. The number of fused-ring (bicyclic) bond motifs is 1. The van der Waals surface area contributed by atoms with Crippen molar-refractivity contribution in [2.75, 3.05) is 19.6 Å². The maximum atomic E-state index is 12.8. The number of benzene rings is 1. The zero-order valence-electron chi connectivity index (χ0n) is 15.3. The standard InChI is InChI=1S/C19H22N4O5/c20-6-11-8-22(9-15(11)24)7-10-1-2-12-13(5-10)19(28)23(18(12)27)14-3-4-16(25)21-17(14)26/h1-2,5,11,14-15,24H,3-4,6-9,20H2,(H,21,25,26)/t11-,14?,15-/m1/s1. The predicted octanol–water partition coefficient (Wildman–Crippen LogP) is -1.16. The summed E-state index contributed by atoms with van der Waals surface area (Å²) < 4.78 is 0. The second kappa shape index (κ2) is 7.08. The molecular weight excluding hydrogens is 364 g/mol. The topological polar surface area (TPSA) is 133 Å². The zero-order chi connectivity index (χ0) is 20.0. The summed E-state index contributed by atoms with van der Waals surface area (Å²) in [5, 5.41) is 12.2. The van der Waals surface area contributed by atoms with Crippen molar-refractivity contribution in [3.8, 4) is 0 Å². The lowest BCUT2D eigenvalue weighted by molar-refractivity contribution is -0.136. The summed E-state index contributed by atoms with van der Waals surface area (Å²) in [4.78, 5) is 52.0. The van der Waals surface area contributed by atoms with Crippen LogP contribution in [-0.4, -0.2) is 70.3 Å². The van der Waals surface area contributed by atoms with Gasteiger partial charge in [0.2, 0.25) is 11.8 Å². The first kappa shape index (κ1) is 18.7. The second-order valence-corrected chi connectivity index (χ2v) is 7.58. The van der Waals surface area contributed by atoms with E-state index in [4.69, 9.17) is 5.73 Å². The largest absolute Gasteiger partial charge is 0.391 e. The van der Waals surface area contributed by atoms with Crippen LogP contribution in [0, 0.1) is 5.92 Å². The Morgan fingerprint density at radius 1 is 1.11 bits per heavy atom. The van der Waals surface area contributed by atoms with Crippen molar-refractivity contribution in [1.82, 2.24) is 15.1 Å². The molecule has 0 bridgehead atoms. The van der Waals surface area contributed by atoms with Crippen molar-refractivity contribution in [2.45, 2.75) is 31.5 Å². The maximum Gasteiger partial charge on any atom is 0.262 e. The molecule has 148 valence electrons. The highest BCUT2D eigenvalue weighted by Crippen LogP contribution is 2.29. The number of aliphatic hydroxyl groups is 1. The summed E-state index contributed by atoms with van der Waals surface area (Å²) in [6, 6.07) is 4.08. The Morgan fingerprint density at radius 2 is 1.86 bits per heavy atom. The van der Waals surface area contributed by atoms with Crippen molar-refractivity contribution in [3.63, 3.8) is 0 Å². The molecule has 4 N–H and O–H groups in total. The van der Waals surface area contributed by atoms with E-state index in [1.165, 1.54) is 0 Å². The Balaban J connectivity index is 1.53. The lowest BCUT2D eigenvalue weighted by atomic mass is 10.0. The molecule has 28 heavy (non-hydrogen) atoms. The average Bonchev–Trinajstić information content (AvgIpc) is 3.13. The van der Waals surface area contributed by atoms with Gasteiger partial charge < -0.3 is 10.8 Å². The minimum Gasteiger partial charge on any atom is -0.391 e. The Hall–Kier alpha value is -2.62. The van der Waals surface area contributed by atoms with E-state index in [-0.39, 0.29) is 29.9 Å². The van der Waals surface area contributed by atoms with Crippen molar-refractivity contribution < 1.29 is 24.3 Å². The van der Waals surface area contributed by atoms with Crippen LogP contribution in [0.15, 0.2) is 18.2 Å². The van der Waals surface area contributed by atoms with Gasteiger partial charge in [-0.05, 0) is 30.7 Å². The fourth-order valence-corrected chi connectivity index (χ4v) is 4.18. The molecule has 1 unspecified atom stereocenters. The fraction of sp³-hybridized carbons (Fsp3) is 0.474. The smallest absolute Gasteiger partial charge is 0.262 e. The number of carbonyl (C=O) groups is 4. The van der Waals surface area contributed by atoms with E-state index in [1.54, 1.807) is 18.2 Å². The predicted molar refractivity (Wildman–Crippen MR) is 96.9 cm³/mol. The van der Waals surface area contributed by atoms with E-state index in [0.29, 0.717) is 26.2 Å². The van der Waals surface area contributed by atoms with E-state index in [2.05, 4.69) is 10.2 Å². The number of amides is 4. The highest BCUT2D eigenvalue weighted by molar-refractivity contribution is 6.23. The number of rotatable bonds is 4. The molecule has 4 rings (SSSR count). The third-order valence-electron chi connectivity index (χ3n) is 5.70. The van der Waals surface area contributed by atoms with Gasteiger partial charge in [-0.15, -0.1) is 0 Å². The summed E-state index contributed by atoms with van der Waals surface area (Å²) in [5.41, 5.74) is 7.04. The van der Waals surface area contributed by atoms with Crippen molar-refractivity contribution in [1.29, 1.82) is 0 Å². The summed E-state index contributed by atoms with van der Waals surface area (Å²) in [6.45, 7) is 2.12. The van der Waals surface area contributed by atoms with Gasteiger partial charge in [0.25, 0.3) is 11.8 Å². The third-order valence-corrected chi connectivity index (χ3v) is 5.70.